The van der Waals surface area contributed by atoms with Gasteiger partial charge in [-0.2, -0.15) is 13.2 Å². The molecule has 0 fully saturated rings. The summed E-state index contributed by atoms with van der Waals surface area (Å²) in [5.41, 5.74) is -0.0512. The number of hydrogen-bond acceptors (Lipinski definition) is 4. The summed E-state index contributed by atoms with van der Waals surface area (Å²) < 4.78 is 45.7. The molecule has 8 heteroatoms. The van der Waals surface area contributed by atoms with E-state index in [1.54, 1.807) is 20.8 Å². The highest BCUT2D eigenvalue weighted by atomic mass is 19.4. The van der Waals surface area contributed by atoms with Crippen molar-refractivity contribution >= 4 is 11.9 Å². The number of halogens is 3. The summed E-state index contributed by atoms with van der Waals surface area (Å²) in [5.74, 6) is -0.194. The van der Waals surface area contributed by atoms with Gasteiger partial charge in [0.25, 0.3) is 0 Å². The quantitative estimate of drug-likeness (QED) is 0.858. The van der Waals surface area contributed by atoms with E-state index in [9.17, 15) is 22.8 Å². The first-order valence-corrected chi connectivity index (χ1v) is 7.22. The Morgan fingerprint density at radius 3 is 2.17 bits per heavy atom. The summed E-state index contributed by atoms with van der Waals surface area (Å²) in [6.07, 6.45) is -5.05. The maximum absolute atomic E-state index is 12.0. The van der Waals surface area contributed by atoms with Crippen LogP contribution in [-0.2, 0) is 16.0 Å². The van der Waals surface area contributed by atoms with Crippen molar-refractivity contribution in [2.24, 2.45) is 0 Å². The highest BCUT2D eigenvalue weighted by molar-refractivity contribution is 5.85. The van der Waals surface area contributed by atoms with Crippen LogP contribution in [0.4, 0.5) is 18.0 Å². The van der Waals surface area contributed by atoms with Crippen LogP contribution in [0.1, 0.15) is 26.3 Å². The summed E-state index contributed by atoms with van der Waals surface area (Å²) in [7, 11) is 0. The second-order valence-electron chi connectivity index (χ2n) is 6.12. The number of benzene rings is 1. The predicted octanol–water partition coefficient (Wildman–Crippen LogP) is 3.26. The number of hydrogen-bond donors (Lipinski definition) is 1. The fourth-order valence-corrected chi connectivity index (χ4v) is 1.64. The molecule has 0 heterocycles. The Morgan fingerprint density at radius 1 is 1.08 bits per heavy atom. The molecule has 1 aromatic rings. The minimum Gasteiger partial charge on any atom is -0.484 e. The molecule has 0 saturated carbocycles. The first kappa shape index (κ1) is 19.8. The number of ether oxygens (including phenoxy) is 2. The molecule has 0 spiro atoms. The lowest BCUT2D eigenvalue weighted by Crippen LogP contribution is -2.35. The molecule has 5 nitrogen and oxygen atoms in total. The highest BCUT2D eigenvalue weighted by Gasteiger charge is 2.28. The number of ketones is 1. The smallest absolute Gasteiger partial charge is 0.422 e. The molecular weight excluding hydrogens is 327 g/mol. The summed E-state index contributed by atoms with van der Waals surface area (Å²) in [5, 5.41) is 2.35. The van der Waals surface area contributed by atoms with E-state index in [1.165, 1.54) is 24.3 Å². The van der Waals surface area contributed by atoms with Gasteiger partial charge in [0.15, 0.2) is 12.4 Å². The van der Waals surface area contributed by atoms with Gasteiger partial charge in [0.2, 0.25) is 0 Å². The van der Waals surface area contributed by atoms with Crippen molar-refractivity contribution in [3.63, 3.8) is 0 Å². The summed E-state index contributed by atoms with van der Waals surface area (Å²) in [6.45, 7) is 3.55. The number of carbonyl (C=O) groups is 2. The molecule has 0 aliphatic heterocycles. The Hall–Kier alpha value is -2.25. The van der Waals surface area contributed by atoms with Crippen LogP contribution in [0.15, 0.2) is 24.3 Å². The van der Waals surface area contributed by atoms with Gasteiger partial charge in [-0.3, -0.25) is 4.79 Å². The maximum atomic E-state index is 12.0. The highest BCUT2D eigenvalue weighted by Crippen LogP contribution is 2.19. The van der Waals surface area contributed by atoms with Crippen molar-refractivity contribution in [3.8, 4) is 5.75 Å². The lowest BCUT2D eigenvalue weighted by atomic mass is 10.1. The fraction of sp³-hybridized carbons (Fsp3) is 0.500. The standard InChI is InChI=1S/C16H20F3NO4/c1-15(2,3)24-14(22)20-9-12(21)8-11-4-6-13(7-5-11)23-10-16(17,18)19/h4-7H,8-10H2,1-3H3,(H,20,22). The first-order chi connectivity index (χ1) is 10.9. The van der Waals surface area contributed by atoms with Gasteiger partial charge >= 0.3 is 12.3 Å². The van der Waals surface area contributed by atoms with Gasteiger partial charge in [-0.05, 0) is 38.5 Å². The topological polar surface area (TPSA) is 64.6 Å². The van der Waals surface area contributed by atoms with E-state index in [-0.39, 0.29) is 24.5 Å². The zero-order valence-electron chi connectivity index (χ0n) is 13.7. The van der Waals surface area contributed by atoms with Crippen molar-refractivity contribution in [1.29, 1.82) is 0 Å². The fourth-order valence-electron chi connectivity index (χ4n) is 1.64. The summed E-state index contributed by atoms with van der Waals surface area (Å²) in [6, 6.07) is 5.71. The Labute approximate surface area is 138 Å². The third-order valence-electron chi connectivity index (χ3n) is 2.56. The van der Waals surface area contributed by atoms with Crippen LogP contribution in [0.5, 0.6) is 5.75 Å². The molecule has 0 bridgehead atoms. The van der Waals surface area contributed by atoms with Crippen molar-refractivity contribution in [2.75, 3.05) is 13.2 Å². The van der Waals surface area contributed by atoms with Crippen LogP contribution in [0.2, 0.25) is 0 Å². The molecular formula is C16H20F3NO4. The molecule has 1 rings (SSSR count). The minimum absolute atomic E-state index is 0.0371. The van der Waals surface area contributed by atoms with E-state index in [4.69, 9.17) is 4.74 Å². The average Bonchev–Trinajstić information content (AvgIpc) is 2.42. The zero-order chi connectivity index (χ0) is 18.4. The summed E-state index contributed by atoms with van der Waals surface area (Å²) in [4.78, 5) is 23.2. The summed E-state index contributed by atoms with van der Waals surface area (Å²) >= 11 is 0. The van der Waals surface area contributed by atoms with Gasteiger partial charge in [-0.15, -0.1) is 0 Å². The van der Waals surface area contributed by atoms with Gasteiger partial charge in [-0.1, -0.05) is 12.1 Å². The van der Waals surface area contributed by atoms with Gasteiger partial charge in [0, 0.05) is 6.42 Å². The molecule has 0 aliphatic carbocycles. The van der Waals surface area contributed by atoms with Crippen molar-refractivity contribution in [3.05, 3.63) is 29.8 Å². The molecule has 0 atom stereocenters. The number of alkyl halides is 3. The molecule has 134 valence electrons. The number of nitrogens with one attached hydrogen (secondary N) is 1. The molecule has 1 amide bonds. The van der Waals surface area contributed by atoms with Crippen LogP contribution >= 0.6 is 0 Å². The first-order valence-electron chi connectivity index (χ1n) is 7.22. The SMILES string of the molecule is CC(C)(C)OC(=O)NCC(=O)Cc1ccc(OCC(F)(F)F)cc1. The van der Waals surface area contributed by atoms with Crippen molar-refractivity contribution in [2.45, 2.75) is 39.0 Å². The number of carbonyl (C=O) groups excluding carboxylic acids is 2. The molecule has 1 N–H and O–H groups in total. The van der Waals surface area contributed by atoms with Gasteiger partial charge in [0.05, 0.1) is 6.54 Å². The lowest BCUT2D eigenvalue weighted by molar-refractivity contribution is -0.153. The third-order valence-corrected chi connectivity index (χ3v) is 2.56. The zero-order valence-corrected chi connectivity index (χ0v) is 13.7. The minimum atomic E-state index is -4.40. The number of rotatable bonds is 6. The van der Waals surface area contributed by atoms with Crippen LogP contribution in [-0.4, -0.2) is 36.8 Å². The number of alkyl carbamates (subject to hydrolysis) is 1. The Kier molecular flexibility index (Phi) is 6.62. The molecule has 0 aliphatic rings. The Morgan fingerprint density at radius 2 is 1.67 bits per heavy atom. The van der Waals surface area contributed by atoms with Crippen LogP contribution in [0.25, 0.3) is 0 Å². The molecule has 1 aromatic carbocycles. The van der Waals surface area contributed by atoms with E-state index in [1.807, 2.05) is 0 Å². The lowest BCUT2D eigenvalue weighted by Gasteiger charge is -2.19. The predicted molar refractivity (Wildman–Crippen MR) is 80.9 cm³/mol. The van der Waals surface area contributed by atoms with Crippen molar-refractivity contribution in [1.82, 2.24) is 5.32 Å². The monoisotopic (exact) mass is 347 g/mol. The van der Waals surface area contributed by atoms with E-state index >= 15 is 0 Å². The van der Waals surface area contributed by atoms with E-state index in [0.29, 0.717) is 5.56 Å². The molecule has 0 aromatic heterocycles. The number of amides is 1. The van der Waals surface area contributed by atoms with E-state index in [0.717, 1.165) is 0 Å². The van der Waals surface area contributed by atoms with Crippen molar-refractivity contribution < 1.29 is 32.2 Å². The normalized spacial score (nSPS) is 11.8. The Bertz CT molecular complexity index is 562. The van der Waals surface area contributed by atoms with Gasteiger partial charge in [-0.25, -0.2) is 4.79 Å². The van der Waals surface area contributed by atoms with E-state index < -0.39 is 24.5 Å². The van der Waals surface area contributed by atoms with Gasteiger partial charge in [0.1, 0.15) is 11.4 Å². The largest absolute Gasteiger partial charge is 0.484 e. The van der Waals surface area contributed by atoms with Crippen LogP contribution < -0.4 is 10.1 Å². The maximum Gasteiger partial charge on any atom is 0.422 e. The molecule has 0 saturated heterocycles. The average molecular weight is 347 g/mol. The van der Waals surface area contributed by atoms with E-state index in [2.05, 4.69) is 10.1 Å². The van der Waals surface area contributed by atoms with Crippen LogP contribution in [0.3, 0.4) is 0 Å². The molecule has 0 radical (unpaired) electrons. The van der Waals surface area contributed by atoms with Gasteiger partial charge < -0.3 is 14.8 Å². The Balaban J connectivity index is 2.41. The second kappa shape index (κ2) is 8.03. The van der Waals surface area contributed by atoms with Crippen LogP contribution in [0, 0.1) is 0 Å². The molecule has 24 heavy (non-hydrogen) atoms. The number of Topliss-reactive ketones (excluding diaryl/α,β-unsaturated/α-hetero) is 1. The molecule has 0 unspecified atom stereocenters. The second-order valence-corrected chi connectivity index (χ2v) is 6.12. The third kappa shape index (κ3) is 9.02.